The molecule has 0 radical (unpaired) electrons. The summed E-state index contributed by atoms with van der Waals surface area (Å²) in [5.41, 5.74) is 26.1. The zero-order chi connectivity index (χ0) is 99.9. The van der Waals surface area contributed by atoms with E-state index < -0.39 is 79.7 Å². The number of hydrogen-bond acceptors (Lipinski definition) is 14. The molecule has 6 aliphatic heterocycles. The van der Waals surface area contributed by atoms with Crippen LogP contribution in [0.1, 0.15) is 241 Å². The van der Waals surface area contributed by atoms with E-state index in [4.69, 9.17) is 0 Å². The summed E-state index contributed by atoms with van der Waals surface area (Å²) < 4.78 is 29.0. The summed E-state index contributed by atoms with van der Waals surface area (Å²) in [6.45, 7) is 12.1. The van der Waals surface area contributed by atoms with Crippen LogP contribution in [0.4, 0.5) is 22.7 Å². The van der Waals surface area contributed by atoms with Crippen molar-refractivity contribution in [3.8, 4) is 44.5 Å². The van der Waals surface area contributed by atoms with E-state index in [1.165, 1.54) is 60.3 Å². The smallest absolute Gasteiger partial charge is 0.266 e. The third kappa shape index (κ3) is 13.3. The van der Waals surface area contributed by atoms with Crippen molar-refractivity contribution < 1.29 is 66.0 Å². The van der Waals surface area contributed by atoms with E-state index in [0.717, 1.165) is 131 Å². The highest BCUT2D eigenvalue weighted by Crippen LogP contribution is 2.59. The van der Waals surface area contributed by atoms with E-state index in [9.17, 15) is 66.0 Å². The van der Waals surface area contributed by atoms with Crippen molar-refractivity contribution in [3.05, 3.63) is 483 Å². The second-order valence-corrected chi connectivity index (χ2v) is 39.7. The standard InChI is InChI=1S/C68H44N2O6S.C55H44N4O8/c1-41-19-23-43(24-20-41)67(59-15-7-3-11-51(59)52-12-4-8-16-60(52)67)45-27-31-47(32-28-45)69-63(71)55-37-35-49(39-57(55)65(69)73)77(75,76)50-36-38-56-58(40-50)66(74)70(64(56)72)48-33-29-46(30-34-48)68(44-25-21-42(2)22-26-44)61-17-9-5-13-53(61)54-14-6-10-18-62(54)68;1-7-30-20-28(21-31(8-2)46(30)58-52(64)40-17-13-36(26-44(40)54(58)66)34-11-15-38-42(24-34)50(62)56(5)48(38)60)19-29-22-32(9-3)47(33(10-4)23-29)59-53(65)41-18-14-37(27-45(41)55(59)67)35-12-16-39-43(25-35)51(63)57(6)49(39)61/h3-40H,1-2H3;11-18,20-27H,7-10,19H2,1-6H3. The fourth-order valence-corrected chi connectivity index (χ4v) is 24.2. The molecule has 2 aliphatic carbocycles. The van der Waals surface area contributed by atoms with Crippen molar-refractivity contribution in [2.45, 2.75) is 94.3 Å². The summed E-state index contributed by atoms with van der Waals surface area (Å²) in [4.78, 5) is 171. The lowest BCUT2D eigenvalue weighted by Crippen LogP contribution is -2.31. The Hall–Kier alpha value is -17.7. The first-order valence-electron chi connectivity index (χ1n) is 47.9. The zero-order valence-corrected chi connectivity index (χ0v) is 80.3. The van der Waals surface area contributed by atoms with Gasteiger partial charge in [-0.05, 0) is 278 Å². The van der Waals surface area contributed by atoms with Crippen molar-refractivity contribution >= 4 is 103 Å². The SMILES string of the molecule is CCc1cc(Cc2cc(CC)c(N3C(=O)c4ccc(-c5ccc6c(c5)C(=O)N(C)C6=O)cc4C3=O)c(CC)c2)cc(CC)c1N1C(=O)c2ccc(-c3ccc4c(c3)C(=O)N(C)C4=O)cc2C1=O.Cc1ccc(C2(c3ccc(N4C(=O)c5ccc(S(=O)(=O)c6ccc7c(c6)C(=O)N(c6ccc(C8(c9ccc(C)cc9)c9ccccc9-c9ccccc98)cc6)C7=O)cc5C4=O)cc3)c3ccccc3-c3ccccc32)cc1. The summed E-state index contributed by atoms with van der Waals surface area (Å²) in [6, 6.07) is 102. The predicted molar refractivity (Wildman–Crippen MR) is 550 cm³/mol. The van der Waals surface area contributed by atoms with Crippen LogP contribution in [-0.2, 0) is 52.8 Å². The molecule has 16 aromatic rings. The van der Waals surface area contributed by atoms with E-state index >= 15 is 0 Å². The lowest BCUT2D eigenvalue weighted by atomic mass is 9.67. The van der Waals surface area contributed by atoms with Gasteiger partial charge in [0.05, 0.1) is 110 Å². The Kier molecular flexibility index (Phi) is 21.2. The molecule has 8 aliphatic rings. The summed E-state index contributed by atoms with van der Waals surface area (Å²) in [7, 11) is -1.51. The van der Waals surface area contributed by atoms with Gasteiger partial charge in [0.1, 0.15) is 0 Å². The largest absolute Gasteiger partial charge is 0.277 e. The molecule has 0 spiro atoms. The van der Waals surface area contributed by atoms with Crippen LogP contribution in [0.25, 0.3) is 44.5 Å². The van der Waals surface area contributed by atoms with Crippen LogP contribution in [0.15, 0.2) is 337 Å². The number of sulfone groups is 1. The average Bonchev–Trinajstić information content (AvgIpc) is 1.54. The highest BCUT2D eigenvalue weighted by molar-refractivity contribution is 7.91. The number of rotatable bonds is 18. The lowest BCUT2D eigenvalue weighted by Gasteiger charge is -2.34. The Morgan fingerprint density at radius 1 is 0.229 bits per heavy atom. The number of imide groups is 6. The third-order valence-corrected chi connectivity index (χ3v) is 31.7. The molecule has 0 atom stereocenters. The van der Waals surface area contributed by atoms with Gasteiger partial charge >= 0.3 is 0 Å². The van der Waals surface area contributed by atoms with Gasteiger partial charge < -0.3 is 0 Å². The number of aryl methyl sites for hydroxylation is 6. The van der Waals surface area contributed by atoms with Crippen LogP contribution in [-0.4, -0.2) is 103 Å². The van der Waals surface area contributed by atoms with Gasteiger partial charge in [0.25, 0.3) is 70.9 Å². The van der Waals surface area contributed by atoms with Gasteiger partial charge in [0.2, 0.25) is 9.84 Å². The Labute approximate surface area is 829 Å². The van der Waals surface area contributed by atoms with E-state index in [2.05, 4.69) is 111 Å². The van der Waals surface area contributed by atoms with E-state index in [0.29, 0.717) is 99.4 Å². The number of benzene rings is 16. The fourth-order valence-electron chi connectivity index (χ4n) is 22.8. The first-order chi connectivity index (χ1) is 69.6. The molecule has 0 fully saturated rings. The number of amides is 12. The molecule has 24 rings (SSSR count). The fraction of sp³-hybridized carbons (Fsp3) is 0.122. The maximum absolute atomic E-state index is 14.5. The third-order valence-electron chi connectivity index (χ3n) is 30.0. The monoisotopic (exact) mass is 1900 g/mol. The van der Waals surface area contributed by atoms with Crippen LogP contribution < -0.4 is 19.6 Å². The van der Waals surface area contributed by atoms with Gasteiger partial charge in [0, 0.05) is 14.1 Å². The van der Waals surface area contributed by atoms with Gasteiger partial charge in [-0.25, -0.2) is 28.0 Å². The number of hydrogen-bond donors (Lipinski definition) is 0. The van der Waals surface area contributed by atoms with Gasteiger partial charge in [-0.3, -0.25) is 67.3 Å². The van der Waals surface area contributed by atoms with Crippen molar-refractivity contribution in [2.75, 3.05) is 33.7 Å². The second-order valence-electron chi connectivity index (χ2n) is 37.7. The number of carbonyl (C=O) groups is 12. The summed E-state index contributed by atoms with van der Waals surface area (Å²) in [5.74, 6) is -5.69. The Bertz CT molecular complexity index is 8020. The molecule has 0 N–H and O–H groups in total. The predicted octanol–water partition coefficient (Wildman–Crippen LogP) is 22.4. The first-order valence-corrected chi connectivity index (χ1v) is 49.4. The zero-order valence-electron chi connectivity index (χ0n) is 79.5. The molecule has 21 heteroatoms. The minimum absolute atomic E-state index is 0.0642. The molecule has 16 aromatic carbocycles. The highest BCUT2D eigenvalue weighted by atomic mass is 32.2. The van der Waals surface area contributed by atoms with E-state index in [1.54, 1.807) is 97.1 Å². The summed E-state index contributed by atoms with van der Waals surface area (Å²) in [6.07, 6.45) is 2.72. The van der Waals surface area contributed by atoms with Gasteiger partial charge in [0.15, 0.2) is 0 Å². The molecule has 0 saturated heterocycles. The molecule has 0 saturated carbocycles. The van der Waals surface area contributed by atoms with Crippen LogP contribution in [0.3, 0.4) is 0 Å². The topological polar surface area (TPSA) is 258 Å². The van der Waals surface area contributed by atoms with Gasteiger partial charge in [-0.1, -0.05) is 257 Å². The lowest BCUT2D eigenvalue weighted by molar-refractivity contribution is 0.0678. The Morgan fingerprint density at radius 2 is 0.458 bits per heavy atom. The normalized spacial score (nSPS) is 15.2. The number of nitrogens with zero attached hydrogens (tertiary/aromatic N) is 6. The highest BCUT2D eigenvalue weighted by Gasteiger charge is 2.51. The summed E-state index contributed by atoms with van der Waals surface area (Å²) in [5, 5.41) is 0. The van der Waals surface area contributed by atoms with Crippen LogP contribution in [0.2, 0.25) is 0 Å². The van der Waals surface area contributed by atoms with E-state index in [-0.39, 0.29) is 66.1 Å². The van der Waals surface area contributed by atoms with Crippen LogP contribution in [0.5, 0.6) is 0 Å². The second kappa shape index (κ2) is 33.8. The van der Waals surface area contributed by atoms with Crippen molar-refractivity contribution in [1.29, 1.82) is 0 Å². The number of anilines is 4. The molecule has 0 aromatic heterocycles. The number of fused-ring (bicyclic) bond motifs is 12. The molecule has 144 heavy (non-hydrogen) atoms. The van der Waals surface area contributed by atoms with Crippen LogP contribution >= 0.6 is 0 Å². The number of carbonyl (C=O) groups excluding carboxylic acids is 12. The summed E-state index contributed by atoms with van der Waals surface area (Å²) >= 11 is 0. The first kappa shape index (κ1) is 90.2. The molecule has 6 heterocycles. The molecule has 0 bridgehead atoms. The molecule has 700 valence electrons. The van der Waals surface area contributed by atoms with Crippen molar-refractivity contribution in [3.63, 3.8) is 0 Å². The maximum atomic E-state index is 14.5. The van der Waals surface area contributed by atoms with E-state index in [1.807, 2.05) is 125 Å². The minimum Gasteiger partial charge on any atom is -0.277 e. The average molecular weight is 1910 g/mol. The Balaban J connectivity index is 0.000000161. The molecule has 0 unspecified atom stereocenters. The van der Waals surface area contributed by atoms with Gasteiger partial charge in [-0.2, -0.15) is 0 Å². The van der Waals surface area contributed by atoms with Gasteiger partial charge in [-0.15, -0.1) is 0 Å². The minimum atomic E-state index is -4.39. The maximum Gasteiger partial charge on any atom is 0.266 e. The molecule has 12 amide bonds. The molecular formula is C123H88N6O14S. The van der Waals surface area contributed by atoms with Crippen molar-refractivity contribution in [2.24, 2.45) is 0 Å². The molecular weight excluding hydrogens is 1820 g/mol. The van der Waals surface area contributed by atoms with Crippen molar-refractivity contribution in [1.82, 2.24) is 9.80 Å². The Morgan fingerprint density at radius 3 is 0.750 bits per heavy atom. The molecule has 20 nitrogen and oxygen atoms in total. The quantitative estimate of drug-likeness (QED) is 0.0724. The van der Waals surface area contributed by atoms with Crippen LogP contribution in [0, 0.1) is 13.8 Å².